The molecule has 4 nitrogen and oxygen atoms in total. The van der Waals surface area contributed by atoms with Gasteiger partial charge >= 0.3 is 0 Å². The highest BCUT2D eigenvalue weighted by Gasteiger charge is 2.55. The molecular weight excluding hydrogens is 362 g/mol. The molecule has 3 aliphatic rings. The van der Waals surface area contributed by atoms with Crippen LogP contribution in [0.5, 0.6) is 11.5 Å². The first kappa shape index (κ1) is 20.5. The average molecular weight is 398 g/mol. The van der Waals surface area contributed by atoms with Crippen LogP contribution < -0.4 is 9.47 Å². The number of rotatable bonds is 7. The molecule has 2 saturated carbocycles. The molecule has 0 bridgehead atoms. The van der Waals surface area contributed by atoms with E-state index in [1.165, 1.54) is 36.8 Å². The van der Waals surface area contributed by atoms with E-state index < -0.39 is 0 Å². The molecule has 1 aromatic rings. The monoisotopic (exact) mass is 397 g/mol. The molecular formula is C25H35NO3. The van der Waals surface area contributed by atoms with E-state index in [1.54, 1.807) is 0 Å². The summed E-state index contributed by atoms with van der Waals surface area (Å²) in [7, 11) is 0. The zero-order valence-corrected chi connectivity index (χ0v) is 18.2. The quantitative estimate of drug-likeness (QED) is 0.559. The molecule has 0 N–H and O–H groups in total. The summed E-state index contributed by atoms with van der Waals surface area (Å²) < 4.78 is 18.2. The van der Waals surface area contributed by atoms with Crippen molar-refractivity contribution >= 4 is 0 Å². The van der Waals surface area contributed by atoms with Gasteiger partial charge in [-0.1, -0.05) is 6.92 Å². The standard InChI is InChI=1S/C25H35NO3/c1-4-27-18-15-17-7-8-19-20(24(17)22(16-18)28-5-2)11-12-25(3)21(19)9-10-23(25)29-14-6-13-26/h15-16,19-21,23H,4-12,14H2,1-3H3/t19-,20+,21+,23+,25+/m1/s1. The maximum Gasteiger partial charge on any atom is 0.126 e. The van der Waals surface area contributed by atoms with Crippen LogP contribution >= 0.6 is 0 Å². The summed E-state index contributed by atoms with van der Waals surface area (Å²) in [5.41, 5.74) is 3.15. The van der Waals surface area contributed by atoms with E-state index in [2.05, 4.69) is 32.0 Å². The second-order valence-corrected chi connectivity index (χ2v) is 9.17. The van der Waals surface area contributed by atoms with Gasteiger partial charge < -0.3 is 14.2 Å². The van der Waals surface area contributed by atoms with E-state index in [-0.39, 0.29) is 5.41 Å². The van der Waals surface area contributed by atoms with Crippen molar-refractivity contribution in [2.45, 2.75) is 77.7 Å². The Balaban J connectivity index is 1.60. The number of hydrogen-bond acceptors (Lipinski definition) is 4. The summed E-state index contributed by atoms with van der Waals surface area (Å²) in [6, 6.07) is 6.59. The summed E-state index contributed by atoms with van der Waals surface area (Å²) in [4.78, 5) is 0. The lowest BCUT2D eigenvalue weighted by molar-refractivity contribution is -0.0625. The molecule has 5 atom stereocenters. The molecule has 29 heavy (non-hydrogen) atoms. The maximum absolute atomic E-state index is 8.86. The Morgan fingerprint density at radius 1 is 1.10 bits per heavy atom. The second kappa shape index (κ2) is 8.56. The largest absolute Gasteiger partial charge is 0.494 e. The summed E-state index contributed by atoms with van der Waals surface area (Å²) in [6.45, 7) is 8.51. The first-order valence-corrected chi connectivity index (χ1v) is 11.5. The number of nitrogens with zero attached hydrogens (tertiary/aromatic N) is 1. The third-order valence-corrected chi connectivity index (χ3v) is 7.81. The van der Waals surface area contributed by atoms with Gasteiger partial charge in [-0.3, -0.25) is 0 Å². The van der Waals surface area contributed by atoms with E-state index in [9.17, 15) is 0 Å². The molecule has 0 saturated heterocycles. The highest BCUT2D eigenvalue weighted by Crippen LogP contribution is 2.62. The minimum atomic E-state index is 0.255. The smallest absolute Gasteiger partial charge is 0.126 e. The van der Waals surface area contributed by atoms with Crippen molar-refractivity contribution in [1.82, 2.24) is 0 Å². The molecule has 0 aliphatic heterocycles. The minimum absolute atomic E-state index is 0.255. The van der Waals surface area contributed by atoms with Gasteiger partial charge in [0.05, 0.1) is 38.4 Å². The Kier molecular flexibility index (Phi) is 6.06. The molecule has 2 fully saturated rings. The van der Waals surface area contributed by atoms with Gasteiger partial charge in [0.25, 0.3) is 0 Å². The van der Waals surface area contributed by atoms with Gasteiger partial charge in [0.15, 0.2) is 0 Å². The molecule has 4 rings (SSSR count). The number of ether oxygens (including phenoxy) is 3. The van der Waals surface area contributed by atoms with Crippen LogP contribution in [0.15, 0.2) is 12.1 Å². The van der Waals surface area contributed by atoms with E-state index in [0.717, 1.165) is 24.3 Å². The first-order chi connectivity index (χ1) is 14.1. The summed E-state index contributed by atoms with van der Waals surface area (Å²) >= 11 is 0. The van der Waals surface area contributed by atoms with E-state index in [0.29, 0.717) is 50.1 Å². The van der Waals surface area contributed by atoms with Crippen molar-refractivity contribution in [3.05, 3.63) is 23.3 Å². The van der Waals surface area contributed by atoms with Crippen molar-refractivity contribution in [2.24, 2.45) is 17.3 Å². The minimum Gasteiger partial charge on any atom is -0.494 e. The number of aryl methyl sites for hydroxylation is 1. The highest BCUT2D eigenvalue weighted by molar-refractivity contribution is 5.50. The van der Waals surface area contributed by atoms with Crippen molar-refractivity contribution in [1.29, 1.82) is 5.26 Å². The van der Waals surface area contributed by atoms with Gasteiger partial charge in [0.1, 0.15) is 11.5 Å². The van der Waals surface area contributed by atoms with Gasteiger partial charge in [-0.15, -0.1) is 0 Å². The molecule has 0 heterocycles. The van der Waals surface area contributed by atoms with Crippen LogP contribution in [0.3, 0.4) is 0 Å². The summed E-state index contributed by atoms with van der Waals surface area (Å²) in [6.07, 6.45) is 7.99. The fraction of sp³-hybridized carbons (Fsp3) is 0.720. The van der Waals surface area contributed by atoms with Crippen LogP contribution in [-0.4, -0.2) is 25.9 Å². The van der Waals surface area contributed by atoms with E-state index in [1.807, 2.05) is 6.92 Å². The number of fused-ring (bicyclic) bond motifs is 5. The summed E-state index contributed by atoms with van der Waals surface area (Å²) in [5.74, 6) is 4.00. The lowest BCUT2D eigenvalue weighted by Gasteiger charge is -2.51. The lowest BCUT2D eigenvalue weighted by Crippen LogP contribution is -2.44. The molecule has 0 unspecified atom stereocenters. The SMILES string of the molecule is CCOc1cc2c(c(OCC)c1)[C@H]1CC[C@]3(C)[C@@H](OCCC#N)CC[C@H]3[C@@H]1CC2. The summed E-state index contributed by atoms with van der Waals surface area (Å²) in [5, 5.41) is 8.86. The highest BCUT2D eigenvalue weighted by atomic mass is 16.5. The van der Waals surface area contributed by atoms with Crippen molar-refractivity contribution in [3.63, 3.8) is 0 Å². The Labute approximate surface area is 175 Å². The maximum atomic E-state index is 8.86. The fourth-order valence-corrected chi connectivity index (χ4v) is 6.65. The number of nitriles is 1. The Hall–Kier alpha value is -1.73. The molecule has 4 heteroatoms. The van der Waals surface area contributed by atoms with Gasteiger partial charge in [-0.25, -0.2) is 0 Å². The predicted octanol–water partition coefficient (Wildman–Crippen LogP) is 5.64. The lowest BCUT2D eigenvalue weighted by atomic mass is 9.55. The van der Waals surface area contributed by atoms with Gasteiger partial charge in [0, 0.05) is 11.6 Å². The van der Waals surface area contributed by atoms with Gasteiger partial charge in [-0.05, 0) is 87.2 Å². The molecule has 158 valence electrons. The van der Waals surface area contributed by atoms with Crippen molar-refractivity contribution in [3.8, 4) is 17.6 Å². The molecule has 0 amide bonds. The number of benzene rings is 1. The second-order valence-electron chi connectivity index (χ2n) is 9.17. The third-order valence-electron chi connectivity index (χ3n) is 7.81. The van der Waals surface area contributed by atoms with Crippen LogP contribution in [0.2, 0.25) is 0 Å². The van der Waals surface area contributed by atoms with Crippen LogP contribution in [0.4, 0.5) is 0 Å². The van der Waals surface area contributed by atoms with Crippen LogP contribution in [0.1, 0.15) is 76.3 Å². The fourth-order valence-electron chi connectivity index (χ4n) is 6.65. The van der Waals surface area contributed by atoms with Crippen molar-refractivity contribution in [2.75, 3.05) is 19.8 Å². The van der Waals surface area contributed by atoms with E-state index >= 15 is 0 Å². The third kappa shape index (κ3) is 3.63. The first-order valence-electron chi connectivity index (χ1n) is 11.5. The Bertz CT molecular complexity index is 770. The van der Waals surface area contributed by atoms with Crippen LogP contribution in [-0.2, 0) is 11.2 Å². The van der Waals surface area contributed by atoms with Gasteiger partial charge in [-0.2, -0.15) is 5.26 Å². The Morgan fingerprint density at radius 2 is 1.93 bits per heavy atom. The topological polar surface area (TPSA) is 51.5 Å². The molecule has 0 radical (unpaired) electrons. The molecule has 3 aliphatic carbocycles. The van der Waals surface area contributed by atoms with E-state index in [4.69, 9.17) is 19.5 Å². The van der Waals surface area contributed by atoms with Crippen molar-refractivity contribution < 1.29 is 14.2 Å². The molecule has 1 aromatic carbocycles. The molecule has 0 aromatic heterocycles. The molecule has 0 spiro atoms. The van der Waals surface area contributed by atoms with Crippen LogP contribution in [0.25, 0.3) is 0 Å². The zero-order valence-electron chi connectivity index (χ0n) is 18.2. The Morgan fingerprint density at radius 3 is 2.69 bits per heavy atom. The normalized spacial score (nSPS) is 32.6. The average Bonchev–Trinajstić information content (AvgIpc) is 3.05. The number of hydrogen-bond donors (Lipinski definition) is 0. The van der Waals surface area contributed by atoms with Crippen LogP contribution in [0, 0.1) is 28.6 Å². The predicted molar refractivity (Wildman–Crippen MR) is 113 cm³/mol. The zero-order chi connectivity index (χ0) is 20.4. The van der Waals surface area contributed by atoms with Gasteiger partial charge in [0.2, 0.25) is 0 Å².